The summed E-state index contributed by atoms with van der Waals surface area (Å²) in [5, 5.41) is 0. The third-order valence-electron chi connectivity index (χ3n) is 3.42. The SMILES string of the molecule is CCOC(=O)CC1CCN(C(=O)/C=C/CN(C)C)CC1. The molecule has 1 rings (SSSR count). The monoisotopic (exact) mass is 282 g/mol. The molecule has 0 N–H and O–H groups in total. The van der Waals surface area contributed by atoms with Gasteiger partial charge in [-0.2, -0.15) is 0 Å². The minimum atomic E-state index is -0.122. The number of hydrogen-bond donors (Lipinski definition) is 0. The highest BCUT2D eigenvalue weighted by molar-refractivity contribution is 5.87. The van der Waals surface area contributed by atoms with Gasteiger partial charge in [0.15, 0.2) is 0 Å². The minimum absolute atomic E-state index is 0.0708. The Kier molecular flexibility index (Phi) is 7.30. The fourth-order valence-electron chi connectivity index (χ4n) is 2.28. The van der Waals surface area contributed by atoms with Gasteiger partial charge in [0.25, 0.3) is 0 Å². The largest absolute Gasteiger partial charge is 0.466 e. The molecule has 20 heavy (non-hydrogen) atoms. The van der Waals surface area contributed by atoms with Crippen molar-refractivity contribution in [1.29, 1.82) is 0 Å². The number of hydrogen-bond acceptors (Lipinski definition) is 4. The molecule has 0 saturated carbocycles. The minimum Gasteiger partial charge on any atom is -0.466 e. The fourth-order valence-corrected chi connectivity index (χ4v) is 2.28. The van der Waals surface area contributed by atoms with Gasteiger partial charge in [-0.05, 0) is 39.8 Å². The van der Waals surface area contributed by atoms with Crippen LogP contribution in [0.2, 0.25) is 0 Å². The molecule has 1 saturated heterocycles. The second-order valence-corrected chi connectivity index (χ2v) is 5.44. The van der Waals surface area contributed by atoms with Crippen LogP contribution in [0.25, 0.3) is 0 Å². The summed E-state index contributed by atoms with van der Waals surface area (Å²) in [6.45, 7) is 4.49. The average molecular weight is 282 g/mol. The van der Waals surface area contributed by atoms with Crippen LogP contribution in [0, 0.1) is 5.92 Å². The van der Waals surface area contributed by atoms with Gasteiger partial charge >= 0.3 is 5.97 Å². The maximum atomic E-state index is 11.9. The van der Waals surface area contributed by atoms with Gasteiger partial charge in [0.2, 0.25) is 5.91 Å². The lowest BCUT2D eigenvalue weighted by atomic mass is 9.93. The summed E-state index contributed by atoms with van der Waals surface area (Å²) in [4.78, 5) is 27.2. The van der Waals surface area contributed by atoms with Crippen LogP contribution < -0.4 is 0 Å². The Morgan fingerprint density at radius 1 is 1.30 bits per heavy atom. The average Bonchev–Trinajstić information content (AvgIpc) is 2.39. The Morgan fingerprint density at radius 2 is 1.95 bits per heavy atom. The third kappa shape index (κ3) is 6.19. The number of nitrogens with zero attached hydrogens (tertiary/aromatic N) is 2. The zero-order chi connectivity index (χ0) is 15.0. The van der Waals surface area contributed by atoms with E-state index in [1.165, 1.54) is 0 Å². The predicted molar refractivity (Wildman–Crippen MR) is 78.2 cm³/mol. The first-order valence-corrected chi connectivity index (χ1v) is 7.28. The molecule has 0 bridgehead atoms. The molecule has 1 amide bonds. The number of esters is 1. The van der Waals surface area contributed by atoms with Gasteiger partial charge in [0, 0.05) is 32.1 Å². The maximum absolute atomic E-state index is 11.9. The molecule has 0 spiro atoms. The number of likely N-dealkylation sites (N-methyl/N-ethyl adjacent to an activating group) is 1. The molecular formula is C15H26N2O3. The molecule has 0 aromatic rings. The lowest BCUT2D eigenvalue weighted by Crippen LogP contribution is -2.38. The zero-order valence-corrected chi connectivity index (χ0v) is 12.8. The fraction of sp³-hybridized carbons (Fsp3) is 0.733. The Balaban J connectivity index is 2.29. The van der Waals surface area contributed by atoms with Crippen LogP contribution in [0.5, 0.6) is 0 Å². The Hall–Kier alpha value is -1.36. The summed E-state index contributed by atoms with van der Waals surface area (Å²) in [6.07, 6.45) is 5.77. The predicted octanol–water partition coefficient (Wildman–Crippen LogP) is 1.30. The van der Waals surface area contributed by atoms with E-state index in [1.54, 1.807) is 6.08 Å². The highest BCUT2D eigenvalue weighted by atomic mass is 16.5. The molecule has 0 atom stereocenters. The molecule has 0 radical (unpaired) electrons. The summed E-state index contributed by atoms with van der Waals surface area (Å²) >= 11 is 0. The van der Waals surface area contributed by atoms with Gasteiger partial charge in [-0.15, -0.1) is 0 Å². The normalized spacial score (nSPS) is 16.9. The quantitative estimate of drug-likeness (QED) is 0.544. The van der Waals surface area contributed by atoms with Gasteiger partial charge in [0.1, 0.15) is 0 Å². The van der Waals surface area contributed by atoms with E-state index in [4.69, 9.17) is 4.74 Å². The molecule has 5 heteroatoms. The third-order valence-corrected chi connectivity index (χ3v) is 3.42. The highest BCUT2D eigenvalue weighted by Gasteiger charge is 2.23. The molecule has 0 unspecified atom stereocenters. The first kappa shape index (κ1) is 16.7. The Morgan fingerprint density at radius 3 is 2.50 bits per heavy atom. The van der Waals surface area contributed by atoms with Gasteiger partial charge < -0.3 is 14.5 Å². The van der Waals surface area contributed by atoms with Gasteiger partial charge in [-0.1, -0.05) is 6.08 Å². The number of likely N-dealkylation sites (tertiary alicyclic amines) is 1. The number of rotatable bonds is 6. The summed E-state index contributed by atoms with van der Waals surface area (Å²) in [5.41, 5.74) is 0. The molecule has 1 fully saturated rings. The molecule has 1 aliphatic heterocycles. The van der Waals surface area contributed by atoms with Crippen LogP contribution in [0.1, 0.15) is 26.2 Å². The number of ether oxygens (including phenoxy) is 1. The van der Waals surface area contributed by atoms with Gasteiger partial charge in [0.05, 0.1) is 6.61 Å². The molecule has 1 heterocycles. The van der Waals surface area contributed by atoms with Crippen molar-refractivity contribution >= 4 is 11.9 Å². The van der Waals surface area contributed by atoms with Crippen LogP contribution in [0.3, 0.4) is 0 Å². The van der Waals surface area contributed by atoms with Crippen LogP contribution in [0.15, 0.2) is 12.2 Å². The number of carbonyl (C=O) groups excluding carboxylic acids is 2. The maximum Gasteiger partial charge on any atom is 0.306 e. The van der Waals surface area contributed by atoms with E-state index in [9.17, 15) is 9.59 Å². The van der Waals surface area contributed by atoms with E-state index in [2.05, 4.69) is 0 Å². The Labute approximate surface area is 121 Å². The second kappa shape index (κ2) is 8.74. The number of carbonyl (C=O) groups is 2. The lowest BCUT2D eigenvalue weighted by Gasteiger charge is -2.30. The highest BCUT2D eigenvalue weighted by Crippen LogP contribution is 2.21. The van der Waals surface area contributed by atoms with Crippen LogP contribution in [0.4, 0.5) is 0 Å². The second-order valence-electron chi connectivity index (χ2n) is 5.44. The molecule has 114 valence electrons. The van der Waals surface area contributed by atoms with E-state index >= 15 is 0 Å². The van der Waals surface area contributed by atoms with E-state index in [-0.39, 0.29) is 11.9 Å². The van der Waals surface area contributed by atoms with Crippen molar-refractivity contribution in [2.75, 3.05) is 40.3 Å². The van der Waals surface area contributed by atoms with E-state index in [0.29, 0.717) is 18.9 Å². The van der Waals surface area contributed by atoms with Crippen LogP contribution >= 0.6 is 0 Å². The van der Waals surface area contributed by atoms with Crippen molar-refractivity contribution in [1.82, 2.24) is 9.80 Å². The van der Waals surface area contributed by atoms with Crippen molar-refractivity contribution in [3.8, 4) is 0 Å². The summed E-state index contributed by atoms with van der Waals surface area (Å²) < 4.78 is 4.96. The first-order chi connectivity index (χ1) is 9.52. The molecule has 0 aliphatic carbocycles. The van der Waals surface area contributed by atoms with Crippen molar-refractivity contribution < 1.29 is 14.3 Å². The van der Waals surface area contributed by atoms with Gasteiger partial charge in [-0.25, -0.2) is 0 Å². The number of piperidine rings is 1. The van der Waals surface area contributed by atoms with Crippen molar-refractivity contribution in [3.05, 3.63) is 12.2 Å². The topological polar surface area (TPSA) is 49.9 Å². The van der Waals surface area contributed by atoms with E-state index in [0.717, 1.165) is 32.5 Å². The molecular weight excluding hydrogens is 256 g/mol. The summed E-state index contributed by atoms with van der Waals surface area (Å²) in [7, 11) is 3.94. The smallest absolute Gasteiger partial charge is 0.306 e. The Bertz CT molecular complexity index is 345. The van der Waals surface area contributed by atoms with Gasteiger partial charge in [-0.3, -0.25) is 9.59 Å². The van der Waals surface area contributed by atoms with Crippen LogP contribution in [-0.2, 0) is 14.3 Å². The molecule has 1 aliphatic rings. The summed E-state index contributed by atoms with van der Waals surface area (Å²) in [5.74, 6) is 0.299. The molecule has 5 nitrogen and oxygen atoms in total. The lowest BCUT2D eigenvalue weighted by molar-refractivity contribution is -0.144. The summed E-state index contributed by atoms with van der Waals surface area (Å²) in [6, 6.07) is 0. The van der Waals surface area contributed by atoms with Crippen LogP contribution in [-0.4, -0.2) is 62.0 Å². The number of amides is 1. The molecule has 0 aromatic heterocycles. The van der Waals surface area contributed by atoms with E-state index in [1.807, 2.05) is 36.9 Å². The van der Waals surface area contributed by atoms with Crippen molar-refractivity contribution in [2.24, 2.45) is 5.92 Å². The van der Waals surface area contributed by atoms with Crippen molar-refractivity contribution in [3.63, 3.8) is 0 Å². The standard InChI is InChI=1S/C15H26N2O3/c1-4-20-15(19)12-13-7-10-17(11-8-13)14(18)6-5-9-16(2)3/h5-6,13H,4,7-12H2,1-3H3/b6-5+. The molecule has 0 aromatic carbocycles. The first-order valence-electron chi connectivity index (χ1n) is 7.28. The van der Waals surface area contributed by atoms with Crippen molar-refractivity contribution in [2.45, 2.75) is 26.2 Å². The van der Waals surface area contributed by atoms with E-state index < -0.39 is 0 Å². The zero-order valence-electron chi connectivity index (χ0n) is 12.8.